The topological polar surface area (TPSA) is 52.5 Å². The summed E-state index contributed by atoms with van der Waals surface area (Å²) in [5.74, 6) is 0.934. The van der Waals surface area contributed by atoms with Gasteiger partial charge in [0.2, 0.25) is 0 Å². The molecule has 5 nitrogen and oxygen atoms in total. The highest BCUT2D eigenvalue weighted by atomic mass is 127. The molecule has 0 amide bonds. The molecule has 25 heavy (non-hydrogen) atoms. The van der Waals surface area contributed by atoms with E-state index in [2.05, 4.69) is 47.9 Å². The number of thiazole rings is 1. The Kier molecular flexibility index (Phi) is 10.6. The molecule has 1 fully saturated rings. The molecule has 0 aliphatic carbocycles. The molecule has 0 radical (unpaired) electrons. The predicted octanol–water partition coefficient (Wildman–Crippen LogP) is 3.21. The van der Waals surface area contributed by atoms with Crippen molar-refractivity contribution in [2.24, 2.45) is 4.99 Å². The van der Waals surface area contributed by atoms with Gasteiger partial charge in [-0.05, 0) is 33.6 Å². The SMILES string of the molecule is C=C(C)CN1CCC(NC(=NCCc2ncc(C)s2)NCC)CC1.I. The molecule has 1 aliphatic rings. The number of aromatic nitrogens is 1. The van der Waals surface area contributed by atoms with Gasteiger partial charge in [-0.15, -0.1) is 35.3 Å². The molecule has 1 saturated heterocycles. The van der Waals surface area contributed by atoms with Gasteiger partial charge in [-0.1, -0.05) is 12.2 Å². The molecule has 0 spiro atoms. The molecular weight excluding hydrogens is 445 g/mol. The van der Waals surface area contributed by atoms with Crippen LogP contribution in [0.4, 0.5) is 0 Å². The average Bonchev–Trinajstić information content (AvgIpc) is 2.94. The second kappa shape index (κ2) is 11.9. The Labute approximate surface area is 173 Å². The van der Waals surface area contributed by atoms with E-state index >= 15 is 0 Å². The van der Waals surface area contributed by atoms with Gasteiger partial charge in [-0.2, -0.15) is 0 Å². The van der Waals surface area contributed by atoms with Crippen molar-refractivity contribution in [2.75, 3.05) is 32.7 Å². The average molecular weight is 477 g/mol. The maximum Gasteiger partial charge on any atom is 0.191 e. The van der Waals surface area contributed by atoms with E-state index in [0.717, 1.165) is 57.9 Å². The molecule has 0 bridgehead atoms. The Hall–Kier alpha value is -0.670. The zero-order valence-corrected chi connectivity index (χ0v) is 18.8. The summed E-state index contributed by atoms with van der Waals surface area (Å²) < 4.78 is 0. The van der Waals surface area contributed by atoms with Crippen LogP contribution in [0.2, 0.25) is 0 Å². The van der Waals surface area contributed by atoms with Crippen LogP contribution in [0.5, 0.6) is 0 Å². The Bertz CT molecular complexity index is 549. The number of guanidine groups is 1. The van der Waals surface area contributed by atoms with Gasteiger partial charge >= 0.3 is 0 Å². The van der Waals surface area contributed by atoms with Crippen molar-refractivity contribution in [3.8, 4) is 0 Å². The van der Waals surface area contributed by atoms with E-state index in [9.17, 15) is 0 Å². The third-order valence-corrected chi connectivity index (χ3v) is 5.00. The van der Waals surface area contributed by atoms with Crippen molar-refractivity contribution >= 4 is 41.3 Å². The number of rotatable bonds is 7. The lowest BCUT2D eigenvalue weighted by Gasteiger charge is -2.33. The molecular formula is C18H32IN5S. The Balaban J connectivity index is 0.00000312. The highest BCUT2D eigenvalue weighted by Gasteiger charge is 2.19. The van der Waals surface area contributed by atoms with Crippen molar-refractivity contribution in [1.82, 2.24) is 20.5 Å². The van der Waals surface area contributed by atoms with Crippen LogP contribution < -0.4 is 10.6 Å². The number of aryl methyl sites for hydroxylation is 1. The maximum atomic E-state index is 4.71. The first kappa shape index (κ1) is 22.4. The van der Waals surface area contributed by atoms with Crippen LogP contribution in [-0.2, 0) is 6.42 Å². The minimum absolute atomic E-state index is 0. The van der Waals surface area contributed by atoms with E-state index in [0.29, 0.717) is 6.04 Å². The fourth-order valence-corrected chi connectivity index (χ4v) is 3.69. The number of likely N-dealkylation sites (tertiary alicyclic amines) is 1. The third-order valence-electron chi connectivity index (χ3n) is 4.03. The number of nitrogens with zero attached hydrogens (tertiary/aromatic N) is 3. The molecule has 0 atom stereocenters. The Morgan fingerprint density at radius 1 is 1.44 bits per heavy atom. The van der Waals surface area contributed by atoms with Crippen molar-refractivity contribution < 1.29 is 0 Å². The predicted molar refractivity (Wildman–Crippen MR) is 119 cm³/mol. The van der Waals surface area contributed by atoms with Crippen LogP contribution >= 0.6 is 35.3 Å². The zero-order chi connectivity index (χ0) is 17.4. The first-order chi connectivity index (χ1) is 11.6. The van der Waals surface area contributed by atoms with Gasteiger partial charge in [0.1, 0.15) is 0 Å². The molecule has 1 aromatic rings. The van der Waals surface area contributed by atoms with E-state index in [4.69, 9.17) is 4.99 Å². The largest absolute Gasteiger partial charge is 0.357 e. The van der Waals surface area contributed by atoms with E-state index < -0.39 is 0 Å². The van der Waals surface area contributed by atoms with Gasteiger partial charge in [-0.3, -0.25) is 9.89 Å². The second-order valence-electron chi connectivity index (χ2n) is 6.53. The number of aliphatic imine (C=N–C) groups is 1. The summed E-state index contributed by atoms with van der Waals surface area (Å²) in [6, 6.07) is 0.506. The normalized spacial score (nSPS) is 16.4. The standard InChI is InChI=1S/C18H31N5S.HI/c1-5-19-18(20-9-6-17-21-12-15(4)24-17)22-16-7-10-23(11-8-16)13-14(2)3;/h12,16H,2,5-11,13H2,1,3-4H3,(H2,19,20,22);1H. The molecule has 1 aliphatic heterocycles. The first-order valence-corrected chi connectivity index (χ1v) is 9.71. The summed E-state index contributed by atoms with van der Waals surface area (Å²) in [6.45, 7) is 15.3. The van der Waals surface area contributed by atoms with Crippen LogP contribution in [0.15, 0.2) is 23.3 Å². The lowest BCUT2D eigenvalue weighted by molar-refractivity contribution is 0.221. The number of piperidine rings is 1. The molecule has 2 rings (SSSR count). The molecule has 1 aromatic heterocycles. The minimum atomic E-state index is 0. The van der Waals surface area contributed by atoms with Gasteiger partial charge in [-0.25, -0.2) is 4.98 Å². The Morgan fingerprint density at radius 3 is 2.72 bits per heavy atom. The lowest BCUT2D eigenvalue weighted by Crippen LogP contribution is -2.48. The van der Waals surface area contributed by atoms with Crippen molar-refractivity contribution in [3.63, 3.8) is 0 Å². The summed E-state index contributed by atoms with van der Waals surface area (Å²) >= 11 is 1.76. The quantitative estimate of drug-likeness (QED) is 0.274. The summed E-state index contributed by atoms with van der Waals surface area (Å²) in [6.07, 6.45) is 5.16. The molecule has 0 unspecified atom stereocenters. The monoisotopic (exact) mass is 477 g/mol. The summed E-state index contributed by atoms with van der Waals surface area (Å²) in [5.41, 5.74) is 1.24. The van der Waals surface area contributed by atoms with Gasteiger partial charge < -0.3 is 10.6 Å². The van der Waals surface area contributed by atoms with Crippen LogP contribution in [-0.4, -0.2) is 54.6 Å². The molecule has 0 aromatic carbocycles. The molecule has 7 heteroatoms. The molecule has 142 valence electrons. The van der Waals surface area contributed by atoms with E-state index in [1.54, 1.807) is 11.3 Å². The number of hydrogen-bond acceptors (Lipinski definition) is 4. The van der Waals surface area contributed by atoms with Gasteiger partial charge in [0.25, 0.3) is 0 Å². The number of nitrogens with one attached hydrogen (secondary N) is 2. The van der Waals surface area contributed by atoms with Gasteiger partial charge in [0.15, 0.2) is 5.96 Å². The minimum Gasteiger partial charge on any atom is -0.357 e. The number of halogens is 1. The molecule has 2 heterocycles. The smallest absolute Gasteiger partial charge is 0.191 e. The van der Waals surface area contributed by atoms with Crippen molar-refractivity contribution in [2.45, 2.75) is 46.1 Å². The summed E-state index contributed by atoms with van der Waals surface area (Å²) in [7, 11) is 0. The summed E-state index contributed by atoms with van der Waals surface area (Å²) in [5, 5.41) is 8.12. The lowest BCUT2D eigenvalue weighted by atomic mass is 10.0. The maximum absolute atomic E-state index is 4.71. The van der Waals surface area contributed by atoms with Crippen LogP contribution in [0, 0.1) is 6.92 Å². The fraction of sp³-hybridized carbons (Fsp3) is 0.667. The van der Waals surface area contributed by atoms with Crippen molar-refractivity contribution in [1.29, 1.82) is 0 Å². The fourth-order valence-electron chi connectivity index (χ4n) is 2.91. The van der Waals surface area contributed by atoms with E-state index in [1.807, 2.05) is 6.20 Å². The zero-order valence-electron chi connectivity index (χ0n) is 15.7. The van der Waals surface area contributed by atoms with Crippen molar-refractivity contribution in [3.05, 3.63) is 28.2 Å². The highest BCUT2D eigenvalue weighted by molar-refractivity contribution is 14.0. The van der Waals surface area contributed by atoms with Gasteiger partial charge in [0, 0.05) is 56.3 Å². The third kappa shape index (κ3) is 8.50. The highest BCUT2D eigenvalue weighted by Crippen LogP contribution is 2.12. The van der Waals surface area contributed by atoms with Crippen LogP contribution in [0.25, 0.3) is 0 Å². The number of hydrogen-bond donors (Lipinski definition) is 2. The van der Waals surface area contributed by atoms with Gasteiger partial charge in [0.05, 0.1) is 5.01 Å². The van der Waals surface area contributed by atoms with Crippen LogP contribution in [0.1, 0.15) is 36.6 Å². The van der Waals surface area contributed by atoms with E-state index in [-0.39, 0.29) is 24.0 Å². The van der Waals surface area contributed by atoms with E-state index in [1.165, 1.54) is 15.5 Å². The molecule has 0 saturated carbocycles. The first-order valence-electron chi connectivity index (χ1n) is 8.89. The van der Waals surface area contributed by atoms with Crippen LogP contribution in [0.3, 0.4) is 0 Å². The molecule has 2 N–H and O–H groups in total. The second-order valence-corrected chi connectivity index (χ2v) is 7.85. The summed E-state index contributed by atoms with van der Waals surface area (Å²) in [4.78, 5) is 12.9. The Morgan fingerprint density at radius 2 is 2.16 bits per heavy atom.